The van der Waals surface area contributed by atoms with Crippen LogP contribution in [0.5, 0.6) is 0 Å². The molecule has 2 aromatic carbocycles. The highest BCUT2D eigenvalue weighted by molar-refractivity contribution is 5.81. The van der Waals surface area contributed by atoms with Gasteiger partial charge in [0.1, 0.15) is 24.1 Å². The summed E-state index contributed by atoms with van der Waals surface area (Å²) in [7, 11) is 1.96. The molecule has 0 saturated heterocycles. The van der Waals surface area contributed by atoms with Gasteiger partial charge in [0.15, 0.2) is 0 Å². The first-order chi connectivity index (χ1) is 16.2. The monoisotopic (exact) mass is 465 g/mol. The Morgan fingerprint density at radius 2 is 1.74 bits per heavy atom. The molecule has 0 aliphatic rings. The highest BCUT2D eigenvalue weighted by Gasteiger charge is 2.34. The fourth-order valence-corrected chi connectivity index (χ4v) is 3.85. The molecule has 3 rings (SSSR count). The number of hydrogen-bond acceptors (Lipinski definition) is 5. The van der Waals surface area contributed by atoms with Crippen LogP contribution in [-0.4, -0.2) is 44.7 Å². The standard InChI is InChI=1S/C27H35N3O4/c1-6-18-30(26(32)34-27(2,3)4)23(25(31)33-19-20-12-8-7-9-13-20)16-17-24-28-21-14-10-11-15-22(21)29(24)5/h7-15,23H,6,16-19H2,1-5H3. The topological polar surface area (TPSA) is 73.7 Å². The van der Waals surface area contributed by atoms with E-state index in [1.54, 1.807) is 0 Å². The molecule has 0 aliphatic carbocycles. The number of benzene rings is 2. The molecule has 34 heavy (non-hydrogen) atoms. The zero-order valence-electron chi connectivity index (χ0n) is 20.8. The normalized spacial score (nSPS) is 12.4. The van der Waals surface area contributed by atoms with Gasteiger partial charge >= 0.3 is 12.1 Å². The van der Waals surface area contributed by atoms with Gasteiger partial charge in [0.25, 0.3) is 0 Å². The predicted octanol–water partition coefficient (Wildman–Crippen LogP) is 5.27. The first kappa shape index (κ1) is 25.3. The first-order valence-corrected chi connectivity index (χ1v) is 11.8. The molecule has 0 aliphatic heterocycles. The highest BCUT2D eigenvalue weighted by Crippen LogP contribution is 2.20. The number of rotatable bonds is 9. The molecule has 0 fully saturated rings. The predicted molar refractivity (Wildman–Crippen MR) is 132 cm³/mol. The Morgan fingerprint density at radius 3 is 2.38 bits per heavy atom. The molecule has 0 bridgehead atoms. The van der Waals surface area contributed by atoms with Crippen LogP contribution in [0.4, 0.5) is 4.79 Å². The number of imidazole rings is 1. The number of carbonyl (C=O) groups is 2. The van der Waals surface area contributed by atoms with E-state index in [0.29, 0.717) is 25.8 Å². The number of ether oxygens (including phenoxy) is 2. The van der Waals surface area contributed by atoms with E-state index in [9.17, 15) is 9.59 Å². The van der Waals surface area contributed by atoms with Crippen LogP contribution in [0.25, 0.3) is 11.0 Å². The molecule has 7 heteroatoms. The Kier molecular flexibility index (Phi) is 8.31. The maximum Gasteiger partial charge on any atom is 0.411 e. The molecule has 0 radical (unpaired) electrons. The Morgan fingerprint density at radius 1 is 1.06 bits per heavy atom. The fraction of sp³-hybridized carbons (Fsp3) is 0.444. The number of hydrogen-bond donors (Lipinski definition) is 0. The number of nitrogens with zero attached hydrogens (tertiary/aromatic N) is 3. The minimum absolute atomic E-state index is 0.150. The van der Waals surface area contributed by atoms with Crippen LogP contribution < -0.4 is 0 Å². The van der Waals surface area contributed by atoms with Crippen molar-refractivity contribution in [3.63, 3.8) is 0 Å². The van der Waals surface area contributed by atoms with Gasteiger partial charge in [0.05, 0.1) is 11.0 Å². The summed E-state index contributed by atoms with van der Waals surface area (Å²) < 4.78 is 13.3. The summed E-state index contributed by atoms with van der Waals surface area (Å²) in [5.74, 6) is 0.407. The van der Waals surface area contributed by atoms with Crippen LogP contribution >= 0.6 is 0 Å². The lowest BCUT2D eigenvalue weighted by molar-refractivity contribution is -0.151. The van der Waals surface area contributed by atoms with E-state index in [4.69, 9.17) is 14.5 Å². The van der Waals surface area contributed by atoms with Gasteiger partial charge in [-0.05, 0) is 51.3 Å². The van der Waals surface area contributed by atoms with Crippen LogP contribution in [0.1, 0.15) is 51.9 Å². The number of esters is 1. The Balaban J connectivity index is 1.83. The molecule has 1 heterocycles. The van der Waals surface area contributed by atoms with Crippen molar-refractivity contribution in [1.82, 2.24) is 14.5 Å². The number of fused-ring (bicyclic) bond motifs is 1. The Hall–Kier alpha value is -3.35. The van der Waals surface area contributed by atoms with Crippen LogP contribution in [-0.2, 0) is 34.3 Å². The van der Waals surface area contributed by atoms with Gasteiger partial charge in [0, 0.05) is 20.0 Å². The van der Waals surface area contributed by atoms with E-state index in [2.05, 4.69) is 0 Å². The van der Waals surface area contributed by atoms with E-state index in [1.165, 1.54) is 4.90 Å². The summed E-state index contributed by atoms with van der Waals surface area (Å²) in [4.78, 5) is 32.6. The fourth-order valence-electron chi connectivity index (χ4n) is 3.85. The van der Waals surface area contributed by atoms with Gasteiger partial charge in [-0.1, -0.05) is 49.4 Å². The number of aromatic nitrogens is 2. The zero-order chi connectivity index (χ0) is 24.7. The number of carbonyl (C=O) groups excluding carboxylic acids is 2. The molecular formula is C27H35N3O4. The van der Waals surface area contributed by atoms with Gasteiger partial charge in [0.2, 0.25) is 0 Å². The zero-order valence-corrected chi connectivity index (χ0v) is 20.8. The second-order valence-electron chi connectivity index (χ2n) is 9.40. The van der Waals surface area contributed by atoms with Crippen molar-refractivity contribution in [3.05, 3.63) is 66.0 Å². The quantitative estimate of drug-likeness (QED) is 0.403. The molecule has 0 saturated carbocycles. The maximum absolute atomic E-state index is 13.3. The van der Waals surface area contributed by atoms with Gasteiger partial charge in [-0.15, -0.1) is 0 Å². The number of amides is 1. The molecule has 1 aromatic heterocycles. The summed E-state index contributed by atoms with van der Waals surface area (Å²) in [6.07, 6.45) is 1.07. The molecule has 0 spiro atoms. The minimum Gasteiger partial charge on any atom is -0.459 e. The molecule has 1 atom stereocenters. The van der Waals surface area contributed by atoms with E-state index < -0.39 is 23.7 Å². The van der Waals surface area contributed by atoms with Crippen LogP contribution in [0, 0.1) is 0 Å². The molecule has 1 amide bonds. The van der Waals surface area contributed by atoms with Crippen molar-refractivity contribution >= 4 is 23.1 Å². The third-order valence-corrected chi connectivity index (χ3v) is 5.49. The molecule has 1 unspecified atom stereocenters. The summed E-state index contributed by atoms with van der Waals surface area (Å²) in [6, 6.07) is 16.6. The third kappa shape index (κ3) is 6.59. The van der Waals surface area contributed by atoms with E-state index >= 15 is 0 Å². The van der Waals surface area contributed by atoms with E-state index in [1.807, 2.05) is 93.9 Å². The van der Waals surface area contributed by atoms with Crippen molar-refractivity contribution < 1.29 is 19.1 Å². The van der Waals surface area contributed by atoms with E-state index in [0.717, 1.165) is 22.4 Å². The van der Waals surface area contributed by atoms with E-state index in [-0.39, 0.29) is 6.61 Å². The molecule has 182 valence electrons. The second kappa shape index (κ2) is 11.2. The summed E-state index contributed by atoms with van der Waals surface area (Å²) in [5, 5.41) is 0. The van der Waals surface area contributed by atoms with Gasteiger partial charge in [-0.3, -0.25) is 4.90 Å². The summed E-state index contributed by atoms with van der Waals surface area (Å²) in [5.41, 5.74) is 2.15. The van der Waals surface area contributed by atoms with Gasteiger partial charge in [-0.2, -0.15) is 0 Å². The average molecular weight is 466 g/mol. The van der Waals surface area contributed by atoms with Crippen molar-refractivity contribution in [3.8, 4) is 0 Å². The lowest BCUT2D eigenvalue weighted by Gasteiger charge is -2.32. The number of para-hydroxylation sites is 2. The molecule has 7 nitrogen and oxygen atoms in total. The van der Waals surface area contributed by atoms with Crippen LogP contribution in [0.15, 0.2) is 54.6 Å². The van der Waals surface area contributed by atoms with Crippen molar-refractivity contribution in [2.45, 2.75) is 65.2 Å². The van der Waals surface area contributed by atoms with Crippen molar-refractivity contribution in [1.29, 1.82) is 0 Å². The second-order valence-corrected chi connectivity index (χ2v) is 9.40. The number of aryl methyl sites for hydroxylation is 2. The van der Waals surface area contributed by atoms with Crippen LogP contribution in [0.2, 0.25) is 0 Å². The minimum atomic E-state index is -0.779. The molecule has 3 aromatic rings. The smallest absolute Gasteiger partial charge is 0.411 e. The first-order valence-electron chi connectivity index (χ1n) is 11.8. The lowest BCUT2D eigenvalue weighted by Crippen LogP contribution is -2.48. The molecule has 0 N–H and O–H groups in total. The van der Waals surface area contributed by atoms with Gasteiger partial charge < -0.3 is 14.0 Å². The summed E-state index contributed by atoms with van der Waals surface area (Å²) >= 11 is 0. The lowest BCUT2D eigenvalue weighted by atomic mass is 10.1. The molecular weight excluding hydrogens is 430 g/mol. The SMILES string of the molecule is CCCN(C(=O)OC(C)(C)C)C(CCc1nc2ccccc2n1C)C(=O)OCc1ccccc1. The highest BCUT2D eigenvalue weighted by atomic mass is 16.6. The summed E-state index contributed by atoms with van der Waals surface area (Å²) in [6.45, 7) is 7.96. The Labute approximate surface area is 201 Å². The maximum atomic E-state index is 13.3. The van der Waals surface area contributed by atoms with Crippen molar-refractivity contribution in [2.75, 3.05) is 6.54 Å². The van der Waals surface area contributed by atoms with Gasteiger partial charge in [-0.25, -0.2) is 14.6 Å². The third-order valence-electron chi connectivity index (χ3n) is 5.49. The van der Waals surface area contributed by atoms with Crippen LogP contribution in [0.3, 0.4) is 0 Å². The average Bonchev–Trinajstić information content (AvgIpc) is 3.12. The Bertz CT molecular complexity index is 1100. The largest absolute Gasteiger partial charge is 0.459 e. The van der Waals surface area contributed by atoms with Crippen molar-refractivity contribution in [2.24, 2.45) is 7.05 Å².